The number of hydrogen-bond donors (Lipinski definition) is 2. The first-order valence-corrected chi connectivity index (χ1v) is 7.55. The molecule has 2 fully saturated rings. The van der Waals surface area contributed by atoms with Gasteiger partial charge in [0.2, 0.25) is 5.91 Å². The van der Waals surface area contributed by atoms with Gasteiger partial charge >= 0.3 is 0 Å². The molecule has 2 aliphatic heterocycles. The van der Waals surface area contributed by atoms with E-state index < -0.39 is 0 Å². The van der Waals surface area contributed by atoms with Crippen LogP contribution < -0.4 is 15.5 Å². The SMILES string of the molecule is COC1CNC(C(=O)Nc2cccnc2N2CCCC2)C1. The lowest BCUT2D eigenvalue weighted by atomic mass is 10.2. The summed E-state index contributed by atoms with van der Waals surface area (Å²) >= 11 is 0. The first kappa shape index (κ1) is 14.3. The van der Waals surface area contributed by atoms with Gasteiger partial charge in [-0.15, -0.1) is 0 Å². The Labute approximate surface area is 124 Å². The molecule has 2 N–H and O–H groups in total. The predicted octanol–water partition coefficient (Wildman–Crippen LogP) is 0.997. The van der Waals surface area contributed by atoms with Crippen LogP contribution in [0.25, 0.3) is 0 Å². The van der Waals surface area contributed by atoms with Gasteiger partial charge in [-0.1, -0.05) is 0 Å². The Morgan fingerprint density at radius 3 is 3.00 bits per heavy atom. The quantitative estimate of drug-likeness (QED) is 0.866. The molecule has 0 radical (unpaired) electrons. The number of carbonyl (C=O) groups is 1. The molecule has 2 atom stereocenters. The van der Waals surface area contributed by atoms with Crippen molar-refractivity contribution in [3.63, 3.8) is 0 Å². The van der Waals surface area contributed by atoms with Gasteiger partial charge in [-0.3, -0.25) is 4.79 Å². The maximum absolute atomic E-state index is 12.4. The number of anilines is 2. The highest BCUT2D eigenvalue weighted by Crippen LogP contribution is 2.26. The van der Waals surface area contributed by atoms with Crippen LogP contribution in [0.4, 0.5) is 11.5 Å². The molecule has 114 valence electrons. The predicted molar refractivity (Wildman–Crippen MR) is 81.5 cm³/mol. The van der Waals surface area contributed by atoms with Crippen LogP contribution in [0.5, 0.6) is 0 Å². The zero-order chi connectivity index (χ0) is 14.7. The second-order valence-electron chi connectivity index (χ2n) is 5.61. The first-order chi connectivity index (χ1) is 10.3. The molecular weight excluding hydrogens is 268 g/mol. The minimum atomic E-state index is -0.193. The average Bonchev–Trinajstić information content (AvgIpc) is 3.19. The van der Waals surface area contributed by atoms with E-state index in [2.05, 4.69) is 20.5 Å². The molecule has 0 saturated carbocycles. The normalized spacial score (nSPS) is 25.3. The van der Waals surface area contributed by atoms with Crippen molar-refractivity contribution in [2.24, 2.45) is 0 Å². The van der Waals surface area contributed by atoms with E-state index in [9.17, 15) is 4.79 Å². The van der Waals surface area contributed by atoms with E-state index in [1.54, 1.807) is 13.3 Å². The fourth-order valence-corrected chi connectivity index (χ4v) is 2.98. The molecule has 2 unspecified atom stereocenters. The third kappa shape index (κ3) is 3.16. The molecule has 6 heteroatoms. The van der Waals surface area contributed by atoms with Crippen LogP contribution in [0.3, 0.4) is 0 Å². The Morgan fingerprint density at radius 2 is 2.29 bits per heavy atom. The standard InChI is InChI=1S/C15H22N4O2/c1-21-11-9-13(17-10-11)15(20)18-12-5-4-6-16-14(12)19-7-2-3-8-19/h4-6,11,13,17H,2-3,7-10H2,1H3,(H,18,20). The second kappa shape index (κ2) is 6.41. The summed E-state index contributed by atoms with van der Waals surface area (Å²) in [5.41, 5.74) is 0.798. The Bertz CT molecular complexity index is 502. The highest BCUT2D eigenvalue weighted by Gasteiger charge is 2.30. The van der Waals surface area contributed by atoms with E-state index in [0.29, 0.717) is 6.42 Å². The average molecular weight is 290 g/mol. The van der Waals surface area contributed by atoms with E-state index in [-0.39, 0.29) is 18.1 Å². The summed E-state index contributed by atoms with van der Waals surface area (Å²) in [6.45, 7) is 2.74. The third-order valence-electron chi connectivity index (χ3n) is 4.19. The largest absolute Gasteiger partial charge is 0.380 e. The van der Waals surface area contributed by atoms with Gasteiger partial charge < -0.3 is 20.3 Å². The van der Waals surface area contributed by atoms with Gasteiger partial charge in [-0.05, 0) is 31.4 Å². The zero-order valence-electron chi connectivity index (χ0n) is 12.3. The van der Waals surface area contributed by atoms with Gasteiger partial charge in [0.25, 0.3) is 0 Å². The van der Waals surface area contributed by atoms with E-state index in [0.717, 1.165) is 31.1 Å². The van der Waals surface area contributed by atoms with Crippen molar-refractivity contribution in [2.75, 3.05) is 37.0 Å². The third-order valence-corrected chi connectivity index (χ3v) is 4.19. The van der Waals surface area contributed by atoms with Gasteiger partial charge in [0.05, 0.1) is 17.8 Å². The van der Waals surface area contributed by atoms with Crippen molar-refractivity contribution in [1.82, 2.24) is 10.3 Å². The van der Waals surface area contributed by atoms with Crippen molar-refractivity contribution in [3.8, 4) is 0 Å². The van der Waals surface area contributed by atoms with E-state index in [1.165, 1.54) is 12.8 Å². The Kier molecular flexibility index (Phi) is 4.36. The molecule has 1 aromatic rings. The number of methoxy groups -OCH3 is 1. The van der Waals surface area contributed by atoms with E-state index in [4.69, 9.17) is 4.74 Å². The minimum absolute atomic E-state index is 0.0111. The van der Waals surface area contributed by atoms with Crippen LogP contribution in [0, 0.1) is 0 Å². The minimum Gasteiger partial charge on any atom is -0.380 e. The Balaban J connectivity index is 1.68. The lowest BCUT2D eigenvalue weighted by molar-refractivity contribution is -0.118. The van der Waals surface area contributed by atoms with Crippen LogP contribution in [0.1, 0.15) is 19.3 Å². The number of pyridine rings is 1. The maximum Gasteiger partial charge on any atom is 0.241 e. The first-order valence-electron chi connectivity index (χ1n) is 7.55. The van der Waals surface area contributed by atoms with Crippen molar-refractivity contribution >= 4 is 17.4 Å². The van der Waals surface area contributed by atoms with Crippen LogP contribution in [0.2, 0.25) is 0 Å². The van der Waals surface area contributed by atoms with E-state index in [1.807, 2.05) is 12.1 Å². The monoisotopic (exact) mass is 290 g/mol. The molecule has 0 bridgehead atoms. The Hall–Kier alpha value is -1.66. The molecule has 0 aromatic carbocycles. The summed E-state index contributed by atoms with van der Waals surface area (Å²) in [5.74, 6) is 0.868. The maximum atomic E-state index is 12.4. The van der Waals surface area contributed by atoms with Crippen LogP contribution in [0.15, 0.2) is 18.3 Å². The number of nitrogens with one attached hydrogen (secondary N) is 2. The Morgan fingerprint density at radius 1 is 1.48 bits per heavy atom. The van der Waals surface area contributed by atoms with Crippen molar-refractivity contribution in [1.29, 1.82) is 0 Å². The lowest BCUT2D eigenvalue weighted by Crippen LogP contribution is -2.36. The number of nitrogens with zero attached hydrogens (tertiary/aromatic N) is 2. The fraction of sp³-hybridized carbons (Fsp3) is 0.600. The van der Waals surface area contributed by atoms with Crippen LogP contribution in [-0.2, 0) is 9.53 Å². The van der Waals surface area contributed by atoms with E-state index >= 15 is 0 Å². The van der Waals surface area contributed by atoms with Gasteiger partial charge in [0.1, 0.15) is 0 Å². The molecule has 1 aromatic heterocycles. The summed E-state index contributed by atoms with van der Waals surface area (Å²) in [6, 6.07) is 3.58. The van der Waals surface area contributed by atoms with Crippen LogP contribution >= 0.6 is 0 Å². The molecule has 2 saturated heterocycles. The van der Waals surface area contributed by atoms with Crippen molar-refractivity contribution < 1.29 is 9.53 Å². The molecular formula is C15H22N4O2. The summed E-state index contributed by atoms with van der Waals surface area (Å²) in [7, 11) is 1.68. The molecule has 0 spiro atoms. The van der Waals surface area contributed by atoms with Gasteiger partial charge in [-0.25, -0.2) is 4.98 Å². The molecule has 6 nitrogen and oxygen atoms in total. The number of carbonyl (C=O) groups excluding carboxylic acids is 1. The molecule has 3 rings (SSSR count). The number of rotatable bonds is 4. The summed E-state index contributed by atoms with van der Waals surface area (Å²) in [4.78, 5) is 19.0. The lowest BCUT2D eigenvalue weighted by Gasteiger charge is -2.20. The second-order valence-corrected chi connectivity index (χ2v) is 5.61. The topological polar surface area (TPSA) is 66.5 Å². The zero-order valence-corrected chi connectivity index (χ0v) is 12.3. The molecule has 1 amide bonds. The number of ether oxygens (including phenoxy) is 1. The van der Waals surface area contributed by atoms with Crippen LogP contribution in [-0.4, -0.2) is 49.8 Å². The van der Waals surface area contributed by atoms with Gasteiger partial charge in [0.15, 0.2) is 5.82 Å². The van der Waals surface area contributed by atoms with Gasteiger partial charge in [0, 0.05) is 32.9 Å². The number of aromatic nitrogens is 1. The number of hydrogen-bond acceptors (Lipinski definition) is 5. The molecule has 3 heterocycles. The summed E-state index contributed by atoms with van der Waals surface area (Å²) < 4.78 is 5.28. The summed E-state index contributed by atoms with van der Waals surface area (Å²) in [6.07, 6.45) is 4.97. The highest BCUT2D eigenvalue weighted by molar-refractivity contribution is 5.97. The smallest absolute Gasteiger partial charge is 0.241 e. The molecule has 21 heavy (non-hydrogen) atoms. The molecule has 2 aliphatic rings. The number of amides is 1. The fourth-order valence-electron chi connectivity index (χ4n) is 2.98. The molecule has 0 aliphatic carbocycles. The van der Waals surface area contributed by atoms with Gasteiger partial charge in [-0.2, -0.15) is 0 Å². The van der Waals surface area contributed by atoms with Crippen molar-refractivity contribution in [2.45, 2.75) is 31.4 Å². The highest BCUT2D eigenvalue weighted by atomic mass is 16.5. The van der Waals surface area contributed by atoms with Crippen molar-refractivity contribution in [3.05, 3.63) is 18.3 Å². The summed E-state index contributed by atoms with van der Waals surface area (Å²) in [5, 5.41) is 6.21.